The van der Waals surface area contributed by atoms with E-state index in [2.05, 4.69) is 10.2 Å². The Bertz CT molecular complexity index is 971. The highest BCUT2D eigenvalue weighted by Gasteiger charge is 2.28. The van der Waals surface area contributed by atoms with Crippen LogP contribution in [0.1, 0.15) is 24.2 Å². The first kappa shape index (κ1) is 23.2. The van der Waals surface area contributed by atoms with E-state index in [0.717, 1.165) is 17.9 Å². The number of hydrogen-bond donors (Lipinski definition) is 1. The predicted molar refractivity (Wildman–Crippen MR) is 116 cm³/mol. The van der Waals surface area contributed by atoms with E-state index < -0.39 is 15.8 Å². The van der Waals surface area contributed by atoms with Crippen LogP contribution >= 0.6 is 0 Å². The van der Waals surface area contributed by atoms with Crippen molar-refractivity contribution in [2.75, 3.05) is 39.3 Å². The highest BCUT2D eigenvalue weighted by atomic mass is 32.2. The van der Waals surface area contributed by atoms with Crippen molar-refractivity contribution >= 4 is 15.9 Å². The second-order valence-electron chi connectivity index (χ2n) is 7.65. The molecule has 1 aliphatic rings. The lowest BCUT2D eigenvalue weighted by atomic mass is 10.2. The minimum atomic E-state index is -3.62. The molecule has 0 radical (unpaired) electrons. The number of ether oxygens (including phenoxy) is 1. The fourth-order valence-electron chi connectivity index (χ4n) is 3.34. The van der Waals surface area contributed by atoms with Crippen molar-refractivity contribution < 1.29 is 22.3 Å². The predicted octanol–water partition coefficient (Wildman–Crippen LogP) is 2.35. The zero-order chi connectivity index (χ0) is 22.4. The van der Waals surface area contributed by atoms with E-state index in [1.165, 1.54) is 16.4 Å². The number of piperazine rings is 1. The molecule has 1 saturated heterocycles. The first-order chi connectivity index (χ1) is 14.8. The molecule has 0 atom stereocenters. The third-order valence-electron chi connectivity index (χ3n) is 4.98. The fraction of sp³-hybridized carbons (Fsp3) is 0.409. The summed E-state index contributed by atoms with van der Waals surface area (Å²) < 4.78 is 45.4. The van der Waals surface area contributed by atoms with E-state index in [1.807, 2.05) is 13.8 Å². The molecule has 31 heavy (non-hydrogen) atoms. The quantitative estimate of drug-likeness (QED) is 0.669. The molecular formula is C22H28FN3O4S. The first-order valence-corrected chi connectivity index (χ1v) is 11.7. The molecule has 1 amide bonds. The molecule has 0 spiro atoms. The second-order valence-corrected chi connectivity index (χ2v) is 9.58. The van der Waals surface area contributed by atoms with Crippen LogP contribution in [-0.2, 0) is 10.0 Å². The Labute approximate surface area is 182 Å². The molecule has 3 rings (SSSR count). The molecule has 2 aromatic rings. The number of halogens is 1. The van der Waals surface area contributed by atoms with Gasteiger partial charge in [-0.05, 0) is 62.4 Å². The summed E-state index contributed by atoms with van der Waals surface area (Å²) in [5, 5.41) is 2.89. The van der Waals surface area contributed by atoms with Crippen molar-refractivity contribution in [1.82, 2.24) is 14.5 Å². The fourth-order valence-corrected chi connectivity index (χ4v) is 4.76. The van der Waals surface area contributed by atoms with Crippen LogP contribution in [0.4, 0.5) is 4.39 Å². The molecule has 0 aliphatic carbocycles. The topological polar surface area (TPSA) is 79.0 Å². The molecule has 168 valence electrons. The summed E-state index contributed by atoms with van der Waals surface area (Å²) in [6, 6.07) is 11.9. The Hall–Kier alpha value is -2.49. The Morgan fingerprint density at radius 3 is 2.23 bits per heavy atom. The average Bonchev–Trinajstić information content (AvgIpc) is 2.74. The van der Waals surface area contributed by atoms with E-state index in [4.69, 9.17) is 4.74 Å². The van der Waals surface area contributed by atoms with Gasteiger partial charge in [0.15, 0.2) is 0 Å². The van der Waals surface area contributed by atoms with Crippen molar-refractivity contribution in [2.45, 2.75) is 24.8 Å². The van der Waals surface area contributed by atoms with Crippen LogP contribution in [0.2, 0.25) is 0 Å². The number of carbonyl (C=O) groups is 1. The second kappa shape index (κ2) is 10.2. The molecule has 9 heteroatoms. The number of sulfonamides is 1. The van der Waals surface area contributed by atoms with Crippen molar-refractivity contribution in [1.29, 1.82) is 0 Å². The molecule has 0 aromatic heterocycles. The molecule has 0 bridgehead atoms. The number of nitrogens with zero attached hydrogens (tertiary/aromatic N) is 2. The van der Waals surface area contributed by atoms with Gasteiger partial charge in [-0.2, -0.15) is 4.31 Å². The third kappa shape index (κ3) is 6.25. The number of benzene rings is 2. The maximum Gasteiger partial charge on any atom is 0.251 e. The van der Waals surface area contributed by atoms with Crippen LogP contribution in [0.5, 0.6) is 5.75 Å². The number of rotatable bonds is 8. The smallest absolute Gasteiger partial charge is 0.251 e. The van der Waals surface area contributed by atoms with Crippen LogP contribution < -0.4 is 10.1 Å². The van der Waals surface area contributed by atoms with Gasteiger partial charge in [-0.25, -0.2) is 12.8 Å². The monoisotopic (exact) mass is 449 g/mol. The highest BCUT2D eigenvalue weighted by molar-refractivity contribution is 7.89. The van der Waals surface area contributed by atoms with E-state index in [1.54, 1.807) is 24.3 Å². The lowest BCUT2D eigenvalue weighted by molar-refractivity contribution is 0.0945. The van der Waals surface area contributed by atoms with Crippen molar-refractivity contribution in [3.63, 3.8) is 0 Å². The van der Waals surface area contributed by atoms with Crippen LogP contribution in [-0.4, -0.2) is 68.9 Å². The molecule has 1 heterocycles. The maximum absolute atomic E-state index is 13.1. The van der Waals surface area contributed by atoms with Crippen LogP contribution in [0.15, 0.2) is 53.4 Å². The molecule has 7 nitrogen and oxygen atoms in total. The van der Waals surface area contributed by atoms with Gasteiger partial charge in [-0.15, -0.1) is 0 Å². The van der Waals surface area contributed by atoms with E-state index in [0.29, 0.717) is 44.8 Å². The Morgan fingerprint density at radius 1 is 1.03 bits per heavy atom. The van der Waals surface area contributed by atoms with Gasteiger partial charge in [0.05, 0.1) is 11.0 Å². The van der Waals surface area contributed by atoms with Crippen LogP contribution in [0.25, 0.3) is 0 Å². The normalized spacial score (nSPS) is 15.7. The zero-order valence-electron chi connectivity index (χ0n) is 17.8. The van der Waals surface area contributed by atoms with E-state index in [-0.39, 0.29) is 16.9 Å². The van der Waals surface area contributed by atoms with Gasteiger partial charge in [0, 0.05) is 44.8 Å². The molecule has 1 fully saturated rings. The Kier molecular flexibility index (Phi) is 7.64. The van der Waals surface area contributed by atoms with Gasteiger partial charge < -0.3 is 10.1 Å². The number of hydrogen-bond acceptors (Lipinski definition) is 5. The minimum Gasteiger partial charge on any atom is -0.491 e. The molecule has 0 saturated carbocycles. The zero-order valence-corrected chi connectivity index (χ0v) is 18.6. The summed E-state index contributed by atoms with van der Waals surface area (Å²) in [5.41, 5.74) is 0.561. The number of nitrogens with one attached hydrogen (secondary N) is 1. The summed E-state index contributed by atoms with van der Waals surface area (Å²) in [6.45, 7) is 6.82. The van der Waals surface area contributed by atoms with Crippen LogP contribution in [0, 0.1) is 5.82 Å². The van der Waals surface area contributed by atoms with Gasteiger partial charge >= 0.3 is 0 Å². The van der Waals surface area contributed by atoms with Gasteiger partial charge in [0.2, 0.25) is 10.0 Å². The van der Waals surface area contributed by atoms with E-state index in [9.17, 15) is 17.6 Å². The summed E-state index contributed by atoms with van der Waals surface area (Å²) >= 11 is 0. The summed E-state index contributed by atoms with van der Waals surface area (Å²) in [6.07, 6.45) is 0.0748. The van der Waals surface area contributed by atoms with Gasteiger partial charge in [0.25, 0.3) is 5.91 Å². The molecule has 0 unspecified atom stereocenters. The van der Waals surface area contributed by atoms with E-state index >= 15 is 0 Å². The SMILES string of the molecule is CC(C)Oc1ccc(C(=O)NCCN2CCN(S(=O)(=O)c3ccc(F)cc3)CC2)cc1. The maximum atomic E-state index is 13.1. The highest BCUT2D eigenvalue weighted by Crippen LogP contribution is 2.18. The first-order valence-electron chi connectivity index (χ1n) is 10.3. The third-order valence-corrected chi connectivity index (χ3v) is 6.90. The molecule has 1 N–H and O–H groups in total. The summed E-state index contributed by atoms with van der Waals surface area (Å²) in [4.78, 5) is 14.5. The largest absolute Gasteiger partial charge is 0.491 e. The molecule has 2 aromatic carbocycles. The lowest BCUT2D eigenvalue weighted by Crippen LogP contribution is -2.50. The number of amides is 1. The molecule has 1 aliphatic heterocycles. The number of carbonyl (C=O) groups excluding carboxylic acids is 1. The summed E-state index contributed by atoms with van der Waals surface area (Å²) in [7, 11) is -3.62. The van der Waals surface area contributed by atoms with Crippen molar-refractivity contribution in [2.24, 2.45) is 0 Å². The van der Waals surface area contributed by atoms with Gasteiger partial charge in [-0.1, -0.05) is 0 Å². The summed E-state index contributed by atoms with van der Waals surface area (Å²) in [5.74, 6) is 0.0966. The molecular weight excluding hydrogens is 421 g/mol. The Balaban J connectivity index is 1.43. The Morgan fingerprint density at radius 2 is 1.65 bits per heavy atom. The van der Waals surface area contributed by atoms with Crippen LogP contribution in [0.3, 0.4) is 0 Å². The standard InChI is InChI=1S/C22H28FN3O4S/c1-17(2)30-20-7-3-18(4-8-20)22(27)24-11-12-25-13-15-26(16-14-25)31(28,29)21-9-5-19(23)6-10-21/h3-10,17H,11-16H2,1-2H3,(H,24,27). The van der Waals surface area contributed by atoms with Crippen molar-refractivity contribution in [3.05, 3.63) is 59.9 Å². The minimum absolute atomic E-state index is 0.0748. The van der Waals surface area contributed by atoms with Gasteiger partial charge in [-0.3, -0.25) is 9.69 Å². The average molecular weight is 450 g/mol. The lowest BCUT2D eigenvalue weighted by Gasteiger charge is -2.33. The van der Waals surface area contributed by atoms with Crippen molar-refractivity contribution in [3.8, 4) is 5.75 Å². The van der Waals surface area contributed by atoms with Gasteiger partial charge in [0.1, 0.15) is 11.6 Å².